The minimum absolute atomic E-state index is 0.00214. The lowest BCUT2D eigenvalue weighted by Gasteiger charge is -2.35. The maximum Gasteiger partial charge on any atom is 0.265 e. The Morgan fingerprint density at radius 2 is 1.71 bits per heavy atom. The van der Waals surface area contributed by atoms with E-state index in [1.165, 1.54) is 0 Å². The number of carbonyl (C=O) groups excluding carboxylic acids is 2. The minimum Gasteiger partial charge on any atom is -0.482 e. The van der Waals surface area contributed by atoms with E-state index in [-0.39, 0.29) is 18.4 Å². The Hall–Kier alpha value is -3.06. The summed E-state index contributed by atoms with van der Waals surface area (Å²) in [5.74, 6) is 1.04. The van der Waals surface area contributed by atoms with Crippen LogP contribution in [-0.2, 0) is 11.2 Å². The van der Waals surface area contributed by atoms with Crippen molar-refractivity contribution in [2.75, 3.05) is 44.2 Å². The number of nitrogens with zero attached hydrogens (tertiary/aromatic N) is 2. The van der Waals surface area contributed by atoms with Crippen LogP contribution in [0.5, 0.6) is 5.75 Å². The standard InChI is InChI=1S/C30H31Cl2N3O3/c31-25-10-9-21(19-26(25)32)11-14-33-30(37)24-6-2-1-5-23(24)22-12-15-34(16-13-22)17-18-35-27-7-3-4-8-28(27)38-20-29(35)36/h1-10,19,22H,11-18,20H2,(H,33,37). The lowest BCUT2D eigenvalue weighted by molar-refractivity contribution is -0.121. The molecule has 198 valence electrons. The van der Waals surface area contributed by atoms with Gasteiger partial charge in [0.2, 0.25) is 0 Å². The van der Waals surface area contributed by atoms with Crippen LogP contribution in [0, 0.1) is 0 Å². The second kappa shape index (κ2) is 12.2. The number of carbonyl (C=O) groups is 2. The SMILES string of the molecule is O=C(NCCc1ccc(Cl)c(Cl)c1)c1ccccc1C1CCN(CCN2C(=O)COc3ccccc32)CC1. The van der Waals surface area contributed by atoms with E-state index in [1.54, 1.807) is 6.07 Å². The van der Waals surface area contributed by atoms with Gasteiger partial charge in [-0.25, -0.2) is 0 Å². The van der Waals surface area contributed by atoms with E-state index in [9.17, 15) is 9.59 Å². The van der Waals surface area contributed by atoms with Gasteiger partial charge in [0.1, 0.15) is 5.75 Å². The van der Waals surface area contributed by atoms with E-state index >= 15 is 0 Å². The Kier molecular flexibility index (Phi) is 8.52. The molecule has 3 aromatic carbocycles. The van der Waals surface area contributed by atoms with Gasteiger partial charge in [-0.05, 0) is 79.7 Å². The smallest absolute Gasteiger partial charge is 0.265 e. The fourth-order valence-corrected chi connectivity index (χ4v) is 5.60. The van der Waals surface area contributed by atoms with Crippen LogP contribution in [0.25, 0.3) is 0 Å². The summed E-state index contributed by atoms with van der Waals surface area (Å²) in [6.45, 7) is 3.92. The zero-order chi connectivity index (χ0) is 26.5. The van der Waals surface area contributed by atoms with Gasteiger partial charge in [-0.2, -0.15) is 0 Å². The van der Waals surface area contributed by atoms with Gasteiger partial charge in [0.25, 0.3) is 11.8 Å². The summed E-state index contributed by atoms with van der Waals surface area (Å²) in [5.41, 5.74) is 3.73. The van der Waals surface area contributed by atoms with Gasteiger partial charge < -0.3 is 19.9 Å². The summed E-state index contributed by atoms with van der Waals surface area (Å²) >= 11 is 12.1. The Bertz CT molecular complexity index is 1310. The van der Waals surface area contributed by atoms with Crippen molar-refractivity contribution in [3.8, 4) is 5.75 Å². The van der Waals surface area contributed by atoms with Gasteiger partial charge >= 0.3 is 0 Å². The number of fused-ring (bicyclic) bond motifs is 1. The van der Waals surface area contributed by atoms with Crippen molar-refractivity contribution in [3.63, 3.8) is 0 Å². The quantitative estimate of drug-likeness (QED) is 0.397. The lowest BCUT2D eigenvalue weighted by atomic mass is 9.86. The molecular formula is C30H31Cl2N3O3. The molecule has 6 nitrogen and oxygen atoms in total. The molecule has 2 amide bonds. The number of para-hydroxylation sites is 2. The summed E-state index contributed by atoms with van der Waals surface area (Å²) in [4.78, 5) is 29.8. The molecule has 2 aliphatic rings. The molecule has 0 aliphatic carbocycles. The van der Waals surface area contributed by atoms with E-state index in [4.69, 9.17) is 27.9 Å². The molecule has 38 heavy (non-hydrogen) atoms. The third-order valence-corrected chi connectivity index (χ3v) is 8.10. The Labute approximate surface area is 233 Å². The van der Waals surface area contributed by atoms with Gasteiger partial charge in [0.05, 0.1) is 15.7 Å². The van der Waals surface area contributed by atoms with Gasteiger partial charge in [-0.3, -0.25) is 9.59 Å². The number of nitrogens with one attached hydrogen (secondary N) is 1. The number of halogens is 2. The molecular weight excluding hydrogens is 521 g/mol. The molecule has 0 bridgehead atoms. The average molecular weight is 553 g/mol. The zero-order valence-electron chi connectivity index (χ0n) is 21.2. The van der Waals surface area contributed by atoms with Gasteiger partial charge in [-0.15, -0.1) is 0 Å². The van der Waals surface area contributed by atoms with Gasteiger partial charge in [0.15, 0.2) is 6.61 Å². The summed E-state index contributed by atoms with van der Waals surface area (Å²) in [7, 11) is 0. The maximum atomic E-state index is 13.1. The highest BCUT2D eigenvalue weighted by molar-refractivity contribution is 6.42. The van der Waals surface area contributed by atoms with Gasteiger partial charge in [-0.1, -0.05) is 59.6 Å². The molecule has 8 heteroatoms. The molecule has 0 aromatic heterocycles. The molecule has 1 saturated heterocycles. The topological polar surface area (TPSA) is 61.9 Å². The number of piperidine rings is 1. The van der Waals surface area contributed by atoms with Crippen LogP contribution < -0.4 is 15.0 Å². The number of amides is 2. The predicted molar refractivity (Wildman–Crippen MR) is 152 cm³/mol. The first-order valence-corrected chi connectivity index (χ1v) is 13.8. The summed E-state index contributed by atoms with van der Waals surface area (Å²) < 4.78 is 5.56. The number of hydrogen-bond donors (Lipinski definition) is 1. The second-order valence-electron chi connectivity index (χ2n) is 9.76. The van der Waals surface area contributed by atoms with Crippen molar-refractivity contribution in [2.45, 2.75) is 25.2 Å². The van der Waals surface area contributed by atoms with E-state index < -0.39 is 0 Å². The molecule has 0 radical (unpaired) electrons. The van der Waals surface area contributed by atoms with Gasteiger partial charge in [0, 0.05) is 25.2 Å². The predicted octanol–water partition coefficient (Wildman–Crippen LogP) is 5.57. The maximum absolute atomic E-state index is 13.1. The summed E-state index contributed by atoms with van der Waals surface area (Å²) in [6, 6.07) is 21.2. The third kappa shape index (κ3) is 6.15. The fourth-order valence-electron chi connectivity index (χ4n) is 5.28. The van der Waals surface area contributed by atoms with E-state index in [0.717, 1.165) is 60.6 Å². The molecule has 5 rings (SSSR count). The molecule has 2 heterocycles. The zero-order valence-corrected chi connectivity index (χ0v) is 22.7. The fraction of sp³-hybridized carbons (Fsp3) is 0.333. The van der Waals surface area contributed by atoms with Crippen LogP contribution in [0.1, 0.15) is 40.2 Å². The van der Waals surface area contributed by atoms with Crippen LogP contribution in [0.4, 0.5) is 5.69 Å². The molecule has 3 aromatic rings. The average Bonchev–Trinajstić information content (AvgIpc) is 2.94. The second-order valence-corrected chi connectivity index (χ2v) is 10.6. The highest BCUT2D eigenvalue weighted by Crippen LogP contribution is 2.33. The van der Waals surface area contributed by atoms with Crippen LogP contribution in [0.3, 0.4) is 0 Å². The van der Waals surface area contributed by atoms with Crippen molar-refractivity contribution in [3.05, 3.63) is 93.5 Å². The molecule has 0 unspecified atom stereocenters. The molecule has 1 N–H and O–H groups in total. The van der Waals surface area contributed by atoms with Crippen molar-refractivity contribution >= 4 is 40.7 Å². The first-order valence-electron chi connectivity index (χ1n) is 13.0. The van der Waals surface area contributed by atoms with E-state index in [2.05, 4.69) is 16.3 Å². The monoisotopic (exact) mass is 551 g/mol. The van der Waals surface area contributed by atoms with Crippen LogP contribution >= 0.6 is 23.2 Å². The van der Waals surface area contributed by atoms with Crippen molar-refractivity contribution in [1.82, 2.24) is 10.2 Å². The largest absolute Gasteiger partial charge is 0.482 e. The van der Waals surface area contributed by atoms with E-state index in [0.29, 0.717) is 35.5 Å². The Balaban J connectivity index is 1.14. The minimum atomic E-state index is -0.0485. The highest BCUT2D eigenvalue weighted by Gasteiger charge is 2.28. The van der Waals surface area contributed by atoms with Crippen LogP contribution in [0.15, 0.2) is 66.7 Å². The summed E-state index contributed by atoms with van der Waals surface area (Å²) in [6.07, 6.45) is 2.63. The number of anilines is 1. The molecule has 0 saturated carbocycles. The summed E-state index contributed by atoms with van der Waals surface area (Å²) in [5, 5.41) is 4.11. The number of likely N-dealkylation sites (tertiary alicyclic amines) is 1. The normalized spacial score (nSPS) is 16.2. The Morgan fingerprint density at radius 3 is 2.53 bits per heavy atom. The Morgan fingerprint density at radius 1 is 0.947 bits per heavy atom. The number of rotatable bonds is 8. The first-order chi connectivity index (χ1) is 18.5. The van der Waals surface area contributed by atoms with Crippen molar-refractivity contribution in [2.24, 2.45) is 0 Å². The first kappa shape index (κ1) is 26.5. The molecule has 0 spiro atoms. The van der Waals surface area contributed by atoms with Crippen molar-refractivity contribution < 1.29 is 14.3 Å². The van der Waals surface area contributed by atoms with Crippen LogP contribution in [-0.4, -0.2) is 56.0 Å². The van der Waals surface area contributed by atoms with Crippen LogP contribution in [0.2, 0.25) is 10.0 Å². The van der Waals surface area contributed by atoms with E-state index in [1.807, 2.05) is 59.5 Å². The molecule has 2 aliphatic heterocycles. The number of ether oxygens (including phenoxy) is 1. The number of hydrogen-bond acceptors (Lipinski definition) is 4. The van der Waals surface area contributed by atoms with Crippen molar-refractivity contribution in [1.29, 1.82) is 0 Å². The molecule has 0 atom stereocenters. The highest BCUT2D eigenvalue weighted by atomic mass is 35.5. The molecule has 1 fully saturated rings. The lowest BCUT2D eigenvalue weighted by Crippen LogP contribution is -2.45. The third-order valence-electron chi connectivity index (χ3n) is 7.36. The number of benzene rings is 3.